The molecule has 1 aromatic carbocycles. The summed E-state index contributed by atoms with van der Waals surface area (Å²) in [6.45, 7) is -0.367. The molecule has 1 rings (SSSR count). The smallest absolute Gasteiger partial charge is 0.250 e. The number of benzene rings is 1. The normalized spacial score (nSPS) is 13.1. The molecular weight excluding hydrogens is 241 g/mol. The second-order valence-corrected chi connectivity index (χ2v) is 3.66. The van der Waals surface area contributed by atoms with Crippen molar-refractivity contribution in [3.05, 3.63) is 34.6 Å². The van der Waals surface area contributed by atoms with Gasteiger partial charge in [-0.05, 0) is 17.7 Å². The van der Waals surface area contributed by atoms with Gasteiger partial charge in [-0.3, -0.25) is 0 Å². The third kappa shape index (κ3) is 3.66. The largest absolute Gasteiger partial charge is 0.329 e. The molecule has 0 aliphatic heterocycles. The molecule has 0 aliphatic rings. The lowest BCUT2D eigenvalue weighted by atomic mass is 10.1. The number of alkyl halides is 2. The summed E-state index contributed by atoms with van der Waals surface area (Å²) in [6.07, 6.45) is -2.46. The molecule has 1 unspecified atom stereocenters. The van der Waals surface area contributed by atoms with E-state index in [1.54, 1.807) is 0 Å². The standard InChI is InChI=1S/C10H12ClF3N2/c11-8-3-6(12)1-2-7(8)9(4-15)16-5-10(13)14/h1-3,9-10,16H,4-5,15H2. The van der Waals surface area contributed by atoms with Crippen molar-refractivity contribution in [1.29, 1.82) is 0 Å². The Bertz CT molecular complexity index is 347. The van der Waals surface area contributed by atoms with Gasteiger partial charge in [-0.15, -0.1) is 0 Å². The van der Waals surface area contributed by atoms with Gasteiger partial charge in [0.15, 0.2) is 0 Å². The summed E-state index contributed by atoms with van der Waals surface area (Å²) in [6, 6.07) is 3.28. The quantitative estimate of drug-likeness (QED) is 0.844. The number of nitrogens with two attached hydrogens (primary N) is 1. The topological polar surface area (TPSA) is 38.0 Å². The first kappa shape index (κ1) is 13.3. The lowest BCUT2D eigenvalue weighted by Gasteiger charge is -2.18. The molecule has 1 aromatic rings. The number of hydrogen-bond acceptors (Lipinski definition) is 2. The highest BCUT2D eigenvalue weighted by molar-refractivity contribution is 6.31. The lowest BCUT2D eigenvalue weighted by molar-refractivity contribution is 0.141. The summed E-state index contributed by atoms with van der Waals surface area (Å²) in [4.78, 5) is 0. The van der Waals surface area contributed by atoms with Crippen LogP contribution in [0, 0.1) is 5.82 Å². The van der Waals surface area contributed by atoms with Gasteiger partial charge < -0.3 is 11.1 Å². The zero-order chi connectivity index (χ0) is 12.1. The van der Waals surface area contributed by atoms with Crippen molar-refractivity contribution in [3.63, 3.8) is 0 Å². The minimum Gasteiger partial charge on any atom is -0.329 e. The molecule has 3 N–H and O–H groups in total. The Kier molecular flexibility index (Phi) is 5.05. The molecule has 0 aromatic heterocycles. The zero-order valence-corrected chi connectivity index (χ0v) is 9.15. The van der Waals surface area contributed by atoms with Crippen LogP contribution < -0.4 is 11.1 Å². The van der Waals surface area contributed by atoms with Gasteiger partial charge in [0.25, 0.3) is 6.43 Å². The number of halogens is 4. The minimum atomic E-state index is -2.46. The average Bonchev–Trinajstić information content (AvgIpc) is 2.21. The third-order valence-electron chi connectivity index (χ3n) is 2.09. The lowest BCUT2D eigenvalue weighted by Crippen LogP contribution is -2.32. The van der Waals surface area contributed by atoms with Crippen LogP contribution in [-0.2, 0) is 0 Å². The van der Waals surface area contributed by atoms with E-state index in [0.29, 0.717) is 5.56 Å². The van der Waals surface area contributed by atoms with Crippen LogP contribution in [0.2, 0.25) is 5.02 Å². The van der Waals surface area contributed by atoms with Crippen LogP contribution in [0.4, 0.5) is 13.2 Å². The zero-order valence-electron chi connectivity index (χ0n) is 8.39. The summed E-state index contributed by atoms with van der Waals surface area (Å²) in [5.74, 6) is -0.474. The fourth-order valence-corrected chi connectivity index (χ4v) is 1.63. The highest BCUT2D eigenvalue weighted by Crippen LogP contribution is 2.23. The molecular formula is C10H12ClF3N2. The van der Waals surface area contributed by atoms with Gasteiger partial charge in [0.2, 0.25) is 0 Å². The first-order valence-corrected chi connectivity index (χ1v) is 5.09. The Balaban J connectivity index is 2.78. The second kappa shape index (κ2) is 6.08. The van der Waals surface area contributed by atoms with E-state index in [0.717, 1.165) is 6.07 Å². The van der Waals surface area contributed by atoms with E-state index in [2.05, 4.69) is 5.32 Å². The van der Waals surface area contributed by atoms with Crippen LogP contribution in [0.15, 0.2) is 18.2 Å². The Hall–Kier alpha value is -0.780. The Labute approximate surface area is 96.6 Å². The molecule has 0 saturated heterocycles. The number of rotatable bonds is 5. The maximum absolute atomic E-state index is 12.8. The molecule has 2 nitrogen and oxygen atoms in total. The average molecular weight is 253 g/mol. The van der Waals surface area contributed by atoms with E-state index < -0.39 is 24.8 Å². The molecule has 0 saturated carbocycles. The molecule has 1 atom stereocenters. The van der Waals surface area contributed by atoms with Crippen LogP contribution in [0.5, 0.6) is 0 Å². The maximum atomic E-state index is 12.8. The Morgan fingerprint density at radius 1 is 1.38 bits per heavy atom. The van der Waals surface area contributed by atoms with Crippen molar-refractivity contribution in [3.8, 4) is 0 Å². The predicted molar refractivity (Wildman–Crippen MR) is 57.2 cm³/mol. The van der Waals surface area contributed by atoms with Crippen molar-refractivity contribution in [2.24, 2.45) is 5.73 Å². The van der Waals surface area contributed by atoms with Crippen molar-refractivity contribution >= 4 is 11.6 Å². The minimum absolute atomic E-state index is 0.109. The van der Waals surface area contributed by atoms with E-state index in [1.807, 2.05) is 0 Å². The molecule has 0 fully saturated rings. The fraction of sp³-hybridized carbons (Fsp3) is 0.400. The predicted octanol–water partition coefficient (Wildman–Crippen LogP) is 2.33. The molecule has 0 radical (unpaired) electrons. The van der Waals surface area contributed by atoms with Crippen LogP contribution in [0.1, 0.15) is 11.6 Å². The van der Waals surface area contributed by atoms with Crippen LogP contribution in [-0.4, -0.2) is 19.5 Å². The van der Waals surface area contributed by atoms with Crippen LogP contribution >= 0.6 is 11.6 Å². The van der Waals surface area contributed by atoms with E-state index >= 15 is 0 Å². The summed E-state index contributed by atoms with van der Waals surface area (Å²) in [5, 5.41) is 2.74. The molecule has 0 aliphatic carbocycles. The first-order chi connectivity index (χ1) is 7.54. The van der Waals surface area contributed by atoms with E-state index in [4.69, 9.17) is 17.3 Å². The molecule has 0 heterocycles. The number of hydrogen-bond donors (Lipinski definition) is 2. The monoisotopic (exact) mass is 252 g/mol. The van der Waals surface area contributed by atoms with Crippen LogP contribution in [0.25, 0.3) is 0 Å². The fourth-order valence-electron chi connectivity index (χ4n) is 1.34. The van der Waals surface area contributed by atoms with Gasteiger partial charge in [0.05, 0.1) is 6.54 Å². The summed E-state index contributed by atoms with van der Waals surface area (Å²) >= 11 is 5.80. The summed E-state index contributed by atoms with van der Waals surface area (Å²) < 4.78 is 36.8. The van der Waals surface area contributed by atoms with Crippen molar-refractivity contribution < 1.29 is 13.2 Å². The van der Waals surface area contributed by atoms with Crippen molar-refractivity contribution in [2.45, 2.75) is 12.5 Å². The molecule has 0 amide bonds. The van der Waals surface area contributed by atoms with Gasteiger partial charge >= 0.3 is 0 Å². The Morgan fingerprint density at radius 2 is 2.06 bits per heavy atom. The third-order valence-corrected chi connectivity index (χ3v) is 2.42. The van der Waals surface area contributed by atoms with E-state index in [-0.39, 0.29) is 11.6 Å². The SMILES string of the molecule is NCC(NCC(F)F)c1ccc(F)cc1Cl. The van der Waals surface area contributed by atoms with Crippen LogP contribution in [0.3, 0.4) is 0 Å². The van der Waals surface area contributed by atoms with Crippen molar-refractivity contribution in [1.82, 2.24) is 5.32 Å². The second-order valence-electron chi connectivity index (χ2n) is 3.25. The molecule has 16 heavy (non-hydrogen) atoms. The van der Waals surface area contributed by atoms with E-state index in [9.17, 15) is 13.2 Å². The van der Waals surface area contributed by atoms with Gasteiger partial charge in [-0.25, -0.2) is 13.2 Å². The van der Waals surface area contributed by atoms with Crippen molar-refractivity contribution in [2.75, 3.05) is 13.1 Å². The highest BCUT2D eigenvalue weighted by atomic mass is 35.5. The number of nitrogens with one attached hydrogen (secondary N) is 1. The van der Waals surface area contributed by atoms with Gasteiger partial charge in [-0.2, -0.15) is 0 Å². The molecule has 0 spiro atoms. The molecule has 0 bridgehead atoms. The van der Waals surface area contributed by atoms with E-state index in [1.165, 1.54) is 12.1 Å². The highest BCUT2D eigenvalue weighted by Gasteiger charge is 2.15. The molecule has 6 heteroatoms. The Morgan fingerprint density at radius 3 is 2.56 bits per heavy atom. The summed E-state index contributed by atoms with van der Waals surface area (Å²) in [7, 11) is 0. The first-order valence-electron chi connectivity index (χ1n) is 4.71. The van der Waals surface area contributed by atoms with Gasteiger partial charge in [-0.1, -0.05) is 17.7 Å². The van der Waals surface area contributed by atoms with Gasteiger partial charge in [0, 0.05) is 17.6 Å². The van der Waals surface area contributed by atoms with Gasteiger partial charge in [0.1, 0.15) is 5.82 Å². The maximum Gasteiger partial charge on any atom is 0.250 e. The summed E-state index contributed by atoms with van der Waals surface area (Å²) in [5.41, 5.74) is 5.96. The molecule has 90 valence electrons.